The molecule has 0 spiro atoms. The van der Waals surface area contributed by atoms with E-state index in [4.69, 9.17) is 17.0 Å². The first-order valence-electron chi connectivity index (χ1n) is 7.99. The third-order valence-corrected chi connectivity index (χ3v) is 5.08. The van der Waals surface area contributed by atoms with Gasteiger partial charge in [-0.2, -0.15) is 0 Å². The number of hydrogen-bond acceptors (Lipinski definition) is 2. The Morgan fingerprint density at radius 3 is 2.43 bits per heavy atom. The second-order valence-corrected chi connectivity index (χ2v) is 7.07. The molecule has 2 aromatic rings. The number of ether oxygens (including phenoxy) is 1. The van der Waals surface area contributed by atoms with Gasteiger partial charge in [-0.3, -0.25) is 0 Å². The molecule has 1 aliphatic heterocycles. The molecule has 0 atom stereocenters. The Bertz CT molecular complexity index is 665. The van der Waals surface area contributed by atoms with Crippen LogP contribution in [0.2, 0.25) is 0 Å². The molecule has 120 valence electrons. The van der Waals surface area contributed by atoms with Gasteiger partial charge in [0, 0.05) is 17.6 Å². The molecule has 2 aromatic carbocycles. The Hall–Kier alpha value is -1.39. The number of likely N-dealkylation sites (tertiary alicyclic amines) is 1. The first kappa shape index (κ1) is 16.5. The summed E-state index contributed by atoms with van der Waals surface area (Å²) in [6.45, 7) is 2.66. The standard InChI is InChI=1S/C19H20BrNOS/c20-16-10-8-15(9-11-16)14-22-18-7-3-2-6-17(18)19(23)21-12-4-1-5-13-21/h2-3,6-11H,1,4-5,12-14H2. The van der Waals surface area contributed by atoms with Crippen molar-refractivity contribution in [2.45, 2.75) is 25.9 Å². The van der Waals surface area contributed by atoms with E-state index in [1.54, 1.807) is 0 Å². The Morgan fingerprint density at radius 1 is 1.00 bits per heavy atom. The van der Waals surface area contributed by atoms with Crippen LogP contribution in [0.1, 0.15) is 30.4 Å². The lowest BCUT2D eigenvalue weighted by atomic mass is 10.1. The van der Waals surface area contributed by atoms with E-state index in [-0.39, 0.29) is 0 Å². The molecule has 2 nitrogen and oxygen atoms in total. The van der Waals surface area contributed by atoms with Crippen LogP contribution in [0.4, 0.5) is 0 Å². The van der Waals surface area contributed by atoms with E-state index in [9.17, 15) is 0 Å². The maximum absolute atomic E-state index is 6.05. The van der Waals surface area contributed by atoms with Crippen molar-refractivity contribution >= 4 is 33.1 Å². The molecule has 1 aliphatic rings. The van der Waals surface area contributed by atoms with E-state index < -0.39 is 0 Å². The number of halogens is 1. The van der Waals surface area contributed by atoms with E-state index in [0.29, 0.717) is 6.61 Å². The van der Waals surface area contributed by atoms with Crippen LogP contribution in [0.5, 0.6) is 5.75 Å². The summed E-state index contributed by atoms with van der Waals surface area (Å²) in [5, 5.41) is 0. The summed E-state index contributed by atoms with van der Waals surface area (Å²) in [5.41, 5.74) is 2.17. The summed E-state index contributed by atoms with van der Waals surface area (Å²) in [7, 11) is 0. The van der Waals surface area contributed by atoms with Crippen LogP contribution in [0.15, 0.2) is 53.0 Å². The molecule has 3 rings (SSSR count). The van der Waals surface area contributed by atoms with Gasteiger partial charge in [-0.15, -0.1) is 0 Å². The van der Waals surface area contributed by atoms with E-state index in [0.717, 1.165) is 39.4 Å². The molecule has 4 heteroatoms. The average molecular weight is 390 g/mol. The molecular weight excluding hydrogens is 370 g/mol. The van der Waals surface area contributed by atoms with E-state index in [2.05, 4.69) is 39.0 Å². The van der Waals surface area contributed by atoms with Crippen LogP contribution >= 0.6 is 28.1 Å². The van der Waals surface area contributed by atoms with Gasteiger partial charge in [-0.05, 0) is 49.1 Å². The van der Waals surface area contributed by atoms with Crippen molar-refractivity contribution in [1.29, 1.82) is 0 Å². The van der Waals surface area contributed by atoms with E-state index in [1.165, 1.54) is 19.3 Å². The summed E-state index contributed by atoms with van der Waals surface area (Å²) in [4.78, 5) is 3.22. The highest BCUT2D eigenvalue weighted by Crippen LogP contribution is 2.24. The smallest absolute Gasteiger partial charge is 0.130 e. The lowest BCUT2D eigenvalue weighted by Crippen LogP contribution is -2.35. The first-order chi connectivity index (χ1) is 11.2. The molecule has 1 saturated heterocycles. The van der Waals surface area contributed by atoms with Crippen molar-refractivity contribution in [1.82, 2.24) is 4.90 Å². The minimum absolute atomic E-state index is 0.549. The molecule has 23 heavy (non-hydrogen) atoms. The highest BCUT2D eigenvalue weighted by molar-refractivity contribution is 9.10. The van der Waals surface area contributed by atoms with Crippen molar-refractivity contribution in [2.24, 2.45) is 0 Å². The zero-order valence-corrected chi connectivity index (χ0v) is 15.4. The van der Waals surface area contributed by atoms with Gasteiger partial charge in [0.25, 0.3) is 0 Å². The van der Waals surface area contributed by atoms with Gasteiger partial charge in [0.1, 0.15) is 17.3 Å². The highest BCUT2D eigenvalue weighted by Gasteiger charge is 2.17. The van der Waals surface area contributed by atoms with E-state index in [1.807, 2.05) is 30.3 Å². The molecule has 0 radical (unpaired) electrons. The van der Waals surface area contributed by atoms with Crippen LogP contribution < -0.4 is 4.74 Å². The van der Waals surface area contributed by atoms with Gasteiger partial charge >= 0.3 is 0 Å². The number of rotatable bonds is 4. The van der Waals surface area contributed by atoms with Crippen molar-refractivity contribution in [3.05, 3.63) is 64.1 Å². The lowest BCUT2D eigenvalue weighted by Gasteiger charge is -2.29. The molecule has 0 aromatic heterocycles. The predicted molar refractivity (Wildman–Crippen MR) is 102 cm³/mol. The zero-order valence-electron chi connectivity index (χ0n) is 13.0. The molecule has 1 fully saturated rings. The molecule has 1 heterocycles. The van der Waals surface area contributed by atoms with Gasteiger partial charge < -0.3 is 9.64 Å². The van der Waals surface area contributed by atoms with Gasteiger partial charge in [0.15, 0.2) is 0 Å². The van der Waals surface area contributed by atoms with Crippen LogP contribution in [0, 0.1) is 0 Å². The van der Waals surface area contributed by atoms with Crippen LogP contribution in [-0.2, 0) is 6.61 Å². The first-order valence-corrected chi connectivity index (χ1v) is 9.20. The molecule has 0 saturated carbocycles. The fourth-order valence-electron chi connectivity index (χ4n) is 2.78. The molecule has 0 N–H and O–H groups in total. The number of nitrogens with zero attached hydrogens (tertiary/aromatic N) is 1. The topological polar surface area (TPSA) is 12.5 Å². The fourth-order valence-corrected chi connectivity index (χ4v) is 3.39. The molecular formula is C19H20BrNOS. The number of thiocarbonyl (C=S) groups is 1. The monoisotopic (exact) mass is 389 g/mol. The van der Waals surface area contributed by atoms with Crippen LogP contribution in [0.3, 0.4) is 0 Å². The maximum Gasteiger partial charge on any atom is 0.130 e. The van der Waals surface area contributed by atoms with Crippen molar-refractivity contribution in [3.8, 4) is 5.75 Å². The lowest BCUT2D eigenvalue weighted by molar-refractivity contribution is 0.303. The van der Waals surface area contributed by atoms with Crippen molar-refractivity contribution in [3.63, 3.8) is 0 Å². The maximum atomic E-state index is 6.05. The van der Waals surface area contributed by atoms with Crippen LogP contribution in [0.25, 0.3) is 0 Å². The summed E-state index contributed by atoms with van der Waals surface area (Å²) < 4.78 is 7.12. The Morgan fingerprint density at radius 2 is 1.70 bits per heavy atom. The molecule has 0 bridgehead atoms. The summed E-state index contributed by atoms with van der Waals surface area (Å²) >= 11 is 9.17. The van der Waals surface area contributed by atoms with Gasteiger partial charge in [0.05, 0.1) is 5.56 Å². The van der Waals surface area contributed by atoms with Crippen molar-refractivity contribution in [2.75, 3.05) is 13.1 Å². The number of piperidine rings is 1. The van der Waals surface area contributed by atoms with Crippen molar-refractivity contribution < 1.29 is 4.74 Å². The van der Waals surface area contributed by atoms with Crippen LogP contribution in [-0.4, -0.2) is 23.0 Å². The quantitative estimate of drug-likeness (QED) is 0.667. The minimum atomic E-state index is 0.549. The summed E-state index contributed by atoms with van der Waals surface area (Å²) in [6.07, 6.45) is 3.75. The molecule has 0 unspecified atom stereocenters. The fraction of sp³-hybridized carbons (Fsp3) is 0.316. The Balaban J connectivity index is 1.72. The Kier molecular flexibility index (Phi) is 5.68. The number of para-hydroxylation sites is 1. The highest BCUT2D eigenvalue weighted by atomic mass is 79.9. The average Bonchev–Trinajstić information content (AvgIpc) is 2.62. The minimum Gasteiger partial charge on any atom is -0.488 e. The largest absolute Gasteiger partial charge is 0.488 e. The zero-order chi connectivity index (χ0) is 16.1. The van der Waals surface area contributed by atoms with Gasteiger partial charge in [-0.25, -0.2) is 0 Å². The van der Waals surface area contributed by atoms with Gasteiger partial charge in [-0.1, -0.05) is 52.4 Å². The number of hydrogen-bond donors (Lipinski definition) is 0. The van der Waals surface area contributed by atoms with Gasteiger partial charge in [0.2, 0.25) is 0 Å². The third kappa shape index (κ3) is 4.33. The third-order valence-electron chi connectivity index (χ3n) is 4.07. The predicted octanol–water partition coefficient (Wildman–Crippen LogP) is 5.19. The summed E-state index contributed by atoms with van der Waals surface area (Å²) in [5.74, 6) is 0.867. The molecule has 0 aliphatic carbocycles. The molecule has 0 amide bonds. The van der Waals surface area contributed by atoms with E-state index >= 15 is 0 Å². The number of benzene rings is 2. The Labute approximate surface area is 151 Å². The SMILES string of the molecule is S=C(c1ccccc1OCc1ccc(Br)cc1)N1CCCCC1. The second kappa shape index (κ2) is 7.93. The normalized spacial score (nSPS) is 14.6. The summed E-state index contributed by atoms with van der Waals surface area (Å²) in [6, 6.07) is 16.3. The second-order valence-electron chi connectivity index (χ2n) is 5.76.